The third-order valence-electron chi connectivity index (χ3n) is 6.57. The van der Waals surface area contributed by atoms with Gasteiger partial charge in [0.05, 0.1) is 25.0 Å². The molecule has 3 aromatic rings. The average Bonchev–Trinajstić information content (AvgIpc) is 2.94. The topological polar surface area (TPSA) is 108 Å². The quantitative estimate of drug-likeness (QED) is 0.436. The van der Waals surface area contributed by atoms with Gasteiger partial charge in [0, 0.05) is 47.6 Å². The molecule has 2 aliphatic heterocycles. The molecule has 2 fully saturated rings. The van der Waals surface area contributed by atoms with Gasteiger partial charge in [-0.15, -0.1) is 0 Å². The number of aliphatic hydroxyl groups excluding tert-OH is 1. The van der Waals surface area contributed by atoms with Crippen LogP contribution in [0.15, 0.2) is 54.7 Å². The number of aliphatic hydroxyl groups is 1. The summed E-state index contributed by atoms with van der Waals surface area (Å²) >= 11 is 0. The molecule has 4 N–H and O–H groups in total. The Labute approximate surface area is 205 Å². The number of nitrogens with zero attached hydrogens (tertiary/aromatic N) is 2. The lowest BCUT2D eigenvalue weighted by Gasteiger charge is -2.25. The Morgan fingerprint density at radius 3 is 2.69 bits per heavy atom. The van der Waals surface area contributed by atoms with Crippen molar-refractivity contribution in [2.24, 2.45) is 5.92 Å². The molecule has 8 nitrogen and oxygen atoms in total. The van der Waals surface area contributed by atoms with E-state index in [4.69, 9.17) is 9.72 Å². The number of amides is 1. The summed E-state index contributed by atoms with van der Waals surface area (Å²) in [5, 5.41) is 19.4. The maximum atomic E-state index is 12.7. The van der Waals surface area contributed by atoms with Crippen molar-refractivity contribution in [1.82, 2.24) is 20.6 Å². The highest BCUT2D eigenvalue weighted by atomic mass is 16.5. The summed E-state index contributed by atoms with van der Waals surface area (Å²) in [5.41, 5.74) is 4.97. The number of carbonyl (C=O) groups excluding carboxylic acids is 1. The number of piperidine rings is 1. The standard InChI is InChI=1S/C27H31N5O3/c33-17-18-3-1-4-20(13-18)25-23(24-16-29-11-12-35-24)15-30-26(32-25)21-5-2-6-22(14-21)31-27(34)19-7-9-28-10-8-19/h1-6,13-15,19,24,28-29,33H,7-12,16-17H2,(H,31,34). The van der Waals surface area contributed by atoms with Crippen molar-refractivity contribution in [3.63, 3.8) is 0 Å². The zero-order chi connectivity index (χ0) is 24.0. The normalized spacial score (nSPS) is 18.8. The van der Waals surface area contributed by atoms with Gasteiger partial charge in [-0.25, -0.2) is 9.97 Å². The predicted octanol–water partition coefficient (Wildman–Crippen LogP) is 2.90. The summed E-state index contributed by atoms with van der Waals surface area (Å²) in [6.45, 7) is 3.84. The van der Waals surface area contributed by atoms with Crippen LogP contribution in [0, 0.1) is 5.92 Å². The smallest absolute Gasteiger partial charge is 0.227 e. The van der Waals surface area contributed by atoms with Crippen LogP contribution in [-0.2, 0) is 16.1 Å². The monoisotopic (exact) mass is 473 g/mol. The van der Waals surface area contributed by atoms with Crippen molar-refractivity contribution >= 4 is 11.6 Å². The van der Waals surface area contributed by atoms with Crippen LogP contribution in [0.1, 0.15) is 30.1 Å². The largest absolute Gasteiger partial charge is 0.392 e. The number of aromatic nitrogens is 2. The second kappa shape index (κ2) is 11.0. The number of benzene rings is 2. The fraction of sp³-hybridized carbons (Fsp3) is 0.370. The van der Waals surface area contributed by atoms with Gasteiger partial charge in [0.1, 0.15) is 0 Å². The van der Waals surface area contributed by atoms with Gasteiger partial charge < -0.3 is 25.8 Å². The summed E-state index contributed by atoms with van der Waals surface area (Å²) in [7, 11) is 0. The maximum absolute atomic E-state index is 12.7. The second-order valence-corrected chi connectivity index (χ2v) is 9.01. The van der Waals surface area contributed by atoms with Gasteiger partial charge in [0.25, 0.3) is 0 Å². The van der Waals surface area contributed by atoms with Gasteiger partial charge in [-0.2, -0.15) is 0 Å². The molecule has 0 aliphatic carbocycles. The van der Waals surface area contributed by atoms with E-state index in [1.54, 1.807) is 0 Å². The lowest BCUT2D eigenvalue weighted by Crippen LogP contribution is -2.34. The zero-order valence-corrected chi connectivity index (χ0v) is 19.7. The van der Waals surface area contributed by atoms with E-state index >= 15 is 0 Å². The first-order valence-electron chi connectivity index (χ1n) is 12.2. The minimum absolute atomic E-state index is 0.0324. The molecule has 1 aromatic heterocycles. The molecule has 1 atom stereocenters. The summed E-state index contributed by atoms with van der Waals surface area (Å²) in [6, 6.07) is 15.4. The number of ether oxygens (including phenoxy) is 1. The molecule has 8 heteroatoms. The fourth-order valence-electron chi connectivity index (χ4n) is 4.64. The minimum atomic E-state index is -0.152. The first-order valence-corrected chi connectivity index (χ1v) is 12.2. The highest BCUT2D eigenvalue weighted by molar-refractivity contribution is 5.93. The zero-order valence-electron chi connectivity index (χ0n) is 19.7. The van der Waals surface area contributed by atoms with Crippen molar-refractivity contribution < 1.29 is 14.6 Å². The Hall–Kier alpha value is -3.17. The van der Waals surface area contributed by atoms with Crippen molar-refractivity contribution in [2.45, 2.75) is 25.6 Å². The number of carbonyl (C=O) groups is 1. The molecule has 0 bridgehead atoms. The highest BCUT2D eigenvalue weighted by Gasteiger charge is 2.23. The number of rotatable bonds is 6. The van der Waals surface area contributed by atoms with E-state index in [9.17, 15) is 9.90 Å². The molecule has 2 aliphatic rings. The third kappa shape index (κ3) is 5.57. The van der Waals surface area contributed by atoms with E-state index in [1.807, 2.05) is 54.7 Å². The predicted molar refractivity (Wildman–Crippen MR) is 135 cm³/mol. The molecule has 0 saturated carbocycles. The Kier molecular flexibility index (Phi) is 7.44. The van der Waals surface area contributed by atoms with E-state index < -0.39 is 0 Å². The molecule has 1 unspecified atom stereocenters. The molecule has 3 heterocycles. The lowest BCUT2D eigenvalue weighted by molar-refractivity contribution is -0.120. The van der Waals surface area contributed by atoms with Crippen LogP contribution in [0.2, 0.25) is 0 Å². The fourth-order valence-corrected chi connectivity index (χ4v) is 4.64. The van der Waals surface area contributed by atoms with Crippen LogP contribution in [0.4, 0.5) is 5.69 Å². The number of nitrogens with one attached hydrogen (secondary N) is 3. The van der Waals surface area contributed by atoms with Gasteiger partial charge in [-0.3, -0.25) is 4.79 Å². The summed E-state index contributed by atoms with van der Waals surface area (Å²) in [5.74, 6) is 0.660. The van der Waals surface area contributed by atoms with Crippen molar-refractivity contribution in [3.05, 3.63) is 65.9 Å². The highest BCUT2D eigenvalue weighted by Crippen LogP contribution is 2.32. The van der Waals surface area contributed by atoms with Gasteiger partial charge >= 0.3 is 0 Å². The second-order valence-electron chi connectivity index (χ2n) is 9.01. The van der Waals surface area contributed by atoms with Crippen LogP contribution < -0.4 is 16.0 Å². The first kappa shape index (κ1) is 23.6. The van der Waals surface area contributed by atoms with Gasteiger partial charge in [0.2, 0.25) is 5.91 Å². The number of anilines is 1. The molecular weight excluding hydrogens is 442 g/mol. The minimum Gasteiger partial charge on any atom is -0.392 e. The SMILES string of the molecule is O=C(Nc1cccc(-c2ncc(C3CNCCO3)c(-c3cccc(CO)c3)n2)c1)C1CCNCC1. The summed E-state index contributed by atoms with van der Waals surface area (Å²) in [6.07, 6.45) is 3.39. The average molecular weight is 474 g/mol. The number of morpholine rings is 1. The van der Waals surface area contributed by atoms with Crippen LogP contribution >= 0.6 is 0 Å². The van der Waals surface area contributed by atoms with Crippen LogP contribution in [-0.4, -0.2) is 53.8 Å². The molecular formula is C27H31N5O3. The van der Waals surface area contributed by atoms with E-state index in [0.717, 1.165) is 66.1 Å². The molecule has 1 amide bonds. The van der Waals surface area contributed by atoms with Crippen LogP contribution in [0.5, 0.6) is 0 Å². The van der Waals surface area contributed by atoms with Crippen LogP contribution in [0.25, 0.3) is 22.6 Å². The molecule has 0 radical (unpaired) electrons. The molecule has 2 saturated heterocycles. The van der Waals surface area contributed by atoms with Crippen molar-refractivity contribution in [3.8, 4) is 22.6 Å². The van der Waals surface area contributed by atoms with E-state index in [-0.39, 0.29) is 24.5 Å². The van der Waals surface area contributed by atoms with Gasteiger partial charge in [-0.05, 0) is 49.7 Å². The van der Waals surface area contributed by atoms with Crippen molar-refractivity contribution in [2.75, 3.05) is 38.1 Å². The van der Waals surface area contributed by atoms with E-state index in [0.29, 0.717) is 19.0 Å². The molecule has 2 aromatic carbocycles. The number of hydrogen-bond donors (Lipinski definition) is 4. The van der Waals surface area contributed by atoms with Crippen molar-refractivity contribution in [1.29, 1.82) is 0 Å². The Balaban J connectivity index is 1.47. The van der Waals surface area contributed by atoms with E-state index in [2.05, 4.69) is 20.9 Å². The third-order valence-corrected chi connectivity index (χ3v) is 6.57. The first-order chi connectivity index (χ1) is 17.2. The Morgan fingerprint density at radius 1 is 1.06 bits per heavy atom. The number of hydrogen-bond acceptors (Lipinski definition) is 7. The maximum Gasteiger partial charge on any atom is 0.227 e. The molecule has 182 valence electrons. The lowest BCUT2D eigenvalue weighted by atomic mass is 9.97. The molecule has 35 heavy (non-hydrogen) atoms. The van der Waals surface area contributed by atoms with Gasteiger partial charge in [-0.1, -0.05) is 30.3 Å². The Morgan fingerprint density at radius 2 is 1.89 bits per heavy atom. The molecule has 0 spiro atoms. The molecule has 5 rings (SSSR count). The van der Waals surface area contributed by atoms with Crippen LogP contribution in [0.3, 0.4) is 0 Å². The van der Waals surface area contributed by atoms with Gasteiger partial charge in [0.15, 0.2) is 5.82 Å². The van der Waals surface area contributed by atoms with E-state index in [1.165, 1.54) is 0 Å². The summed E-state index contributed by atoms with van der Waals surface area (Å²) in [4.78, 5) is 22.4. The summed E-state index contributed by atoms with van der Waals surface area (Å²) < 4.78 is 6.00. The Bertz CT molecular complexity index is 1170.